The van der Waals surface area contributed by atoms with Crippen molar-refractivity contribution < 1.29 is 4.79 Å². The molecule has 25 heavy (non-hydrogen) atoms. The van der Waals surface area contributed by atoms with E-state index in [9.17, 15) is 4.79 Å². The van der Waals surface area contributed by atoms with E-state index < -0.39 is 0 Å². The van der Waals surface area contributed by atoms with E-state index in [0.29, 0.717) is 17.0 Å². The summed E-state index contributed by atoms with van der Waals surface area (Å²) in [6.07, 6.45) is 7.17. The van der Waals surface area contributed by atoms with E-state index in [1.54, 1.807) is 6.20 Å². The van der Waals surface area contributed by atoms with Crippen LogP contribution in [-0.2, 0) is 4.79 Å². The van der Waals surface area contributed by atoms with Crippen LogP contribution >= 0.6 is 11.3 Å². The van der Waals surface area contributed by atoms with Crippen molar-refractivity contribution in [3.63, 3.8) is 0 Å². The Balaban J connectivity index is 1.42. The van der Waals surface area contributed by atoms with E-state index in [-0.39, 0.29) is 11.8 Å². The summed E-state index contributed by atoms with van der Waals surface area (Å²) in [4.78, 5) is 25.2. The van der Waals surface area contributed by atoms with Crippen LogP contribution < -0.4 is 11.1 Å². The molecule has 0 saturated heterocycles. The van der Waals surface area contributed by atoms with Gasteiger partial charge in [-0.2, -0.15) is 0 Å². The van der Waals surface area contributed by atoms with Crippen molar-refractivity contribution in [1.29, 1.82) is 0 Å². The lowest BCUT2D eigenvalue weighted by atomic mass is 9.85. The highest BCUT2D eigenvalue weighted by molar-refractivity contribution is 7.13. The Morgan fingerprint density at radius 1 is 1.32 bits per heavy atom. The molecule has 0 unspecified atom stereocenters. The smallest absolute Gasteiger partial charge is 0.229 e. The van der Waals surface area contributed by atoms with Gasteiger partial charge in [0.2, 0.25) is 5.91 Å². The minimum absolute atomic E-state index is 0.0435. The Labute approximate surface area is 149 Å². The fourth-order valence-electron chi connectivity index (χ4n) is 3.51. The molecule has 1 aliphatic carbocycles. The van der Waals surface area contributed by atoms with Gasteiger partial charge < -0.3 is 15.6 Å². The van der Waals surface area contributed by atoms with Gasteiger partial charge in [-0.3, -0.25) is 4.79 Å². The number of amides is 1. The molecule has 1 saturated carbocycles. The second-order valence-corrected chi connectivity index (χ2v) is 7.36. The van der Waals surface area contributed by atoms with Crippen LogP contribution in [-0.4, -0.2) is 25.4 Å². The normalized spacial score (nSPS) is 20.7. The molecule has 0 bridgehead atoms. The SMILES string of the molecule is Cc1csc(NC(=O)C2CCC(n3cnc4c(N)nccc43)CC2)n1. The third-order valence-electron chi connectivity index (χ3n) is 4.83. The second-order valence-electron chi connectivity index (χ2n) is 6.50. The molecule has 0 atom stereocenters. The summed E-state index contributed by atoms with van der Waals surface area (Å²) in [6.45, 7) is 1.93. The highest BCUT2D eigenvalue weighted by atomic mass is 32.1. The first kappa shape index (κ1) is 16.0. The zero-order chi connectivity index (χ0) is 17.4. The number of rotatable bonds is 3. The van der Waals surface area contributed by atoms with Crippen LogP contribution in [0.3, 0.4) is 0 Å². The van der Waals surface area contributed by atoms with E-state index in [1.807, 2.05) is 24.7 Å². The minimum Gasteiger partial charge on any atom is -0.382 e. The first-order valence-electron chi connectivity index (χ1n) is 8.42. The van der Waals surface area contributed by atoms with Crippen molar-refractivity contribution in [3.05, 3.63) is 29.7 Å². The molecule has 3 aromatic heterocycles. The predicted molar refractivity (Wildman–Crippen MR) is 98.4 cm³/mol. The van der Waals surface area contributed by atoms with E-state index in [4.69, 9.17) is 5.73 Å². The maximum absolute atomic E-state index is 12.4. The number of nitrogens with zero attached hydrogens (tertiary/aromatic N) is 4. The van der Waals surface area contributed by atoms with Gasteiger partial charge in [0.25, 0.3) is 0 Å². The zero-order valence-electron chi connectivity index (χ0n) is 14.0. The molecule has 0 radical (unpaired) electrons. The molecule has 3 N–H and O–H groups in total. The second kappa shape index (κ2) is 6.44. The Morgan fingerprint density at radius 3 is 2.84 bits per heavy atom. The van der Waals surface area contributed by atoms with Crippen molar-refractivity contribution in [2.24, 2.45) is 5.92 Å². The van der Waals surface area contributed by atoms with Crippen LogP contribution in [0.25, 0.3) is 11.0 Å². The number of carbonyl (C=O) groups is 1. The van der Waals surface area contributed by atoms with Crippen LogP contribution in [0.2, 0.25) is 0 Å². The van der Waals surface area contributed by atoms with Crippen molar-refractivity contribution in [1.82, 2.24) is 19.5 Å². The van der Waals surface area contributed by atoms with Crippen molar-refractivity contribution >= 4 is 39.2 Å². The lowest BCUT2D eigenvalue weighted by molar-refractivity contribution is -0.120. The number of aromatic nitrogens is 4. The largest absolute Gasteiger partial charge is 0.382 e. The average molecular weight is 356 g/mol. The molecule has 0 aromatic carbocycles. The fraction of sp³-hybridized carbons (Fsp3) is 0.412. The molecule has 7 nitrogen and oxygen atoms in total. The molecule has 1 fully saturated rings. The summed E-state index contributed by atoms with van der Waals surface area (Å²) in [5, 5.41) is 5.57. The Morgan fingerprint density at radius 2 is 2.12 bits per heavy atom. The molecule has 0 spiro atoms. The van der Waals surface area contributed by atoms with Crippen LogP contribution in [0.15, 0.2) is 24.0 Å². The van der Waals surface area contributed by atoms with Gasteiger partial charge in [0.05, 0.1) is 17.5 Å². The van der Waals surface area contributed by atoms with Gasteiger partial charge in [-0.1, -0.05) is 0 Å². The van der Waals surface area contributed by atoms with E-state index >= 15 is 0 Å². The van der Waals surface area contributed by atoms with Crippen LogP contribution in [0.4, 0.5) is 10.9 Å². The van der Waals surface area contributed by atoms with Gasteiger partial charge in [-0.15, -0.1) is 11.3 Å². The van der Waals surface area contributed by atoms with Gasteiger partial charge in [0.1, 0.15) is 5.52 Å². The lowest BCUT2D eigenvalue weighted by Gasteiger charge is -2.28. The molecule has 1 amide bonds. The molecule has 4 rings (SSSR count). The standard InChI is InChI=1S/C17H20N6OS/c1-10-8-25-17(21-10)22-16(24)11-2-4-12(5-3-11)23-9-20-14-13(23)6-7-19-15(14)18/h6-9,11-12H,2-5H2,1H3,(H2,18,19)(H,21,22,24). The monoisotopic (exact) mass is 356 g/mol. The van der Waals surface area contributed by atoms with Crippen LogP contribution in [0, 0.1) is 12.8 Å². The Kier molecular flexibility index (Phi) is 4.12. The lowest BCUT2D eigenvalue weighted by Crippen LogP contribution is -2.28. The molecular weight excluding hydrogens is 336 g/mol. The summed E-state index contributed by atoms with van der Waals surface area (Å²) >= 11 is 1.47. The fourth-order valence-corrected chi connectivity index (χ4v) is 4.20. The third kappa shape index (κ3) is 3.09. The van der Waals surface area contributed by atoms with Crippen molar-refractivity contribution in [3.8, 4) is 0 Å². The molecule has 3 aromatic rings. The molecule has 130 valence electrons. The molecular formula is C17H20N6OS. The number of thiazole rings is 1. The van der Waals surface area contributed by atoms with E-state index in [0.717, 1.165) is 42.4 Å². The molecule has 1 aliphatic rings. The van der Waals surface area contributed by atoms with Crippen molar-refractivity contribution in [2.75, 3.05) is 11.1 Å². The first-order chi connectivity index (χ1) is 12.1. The summed E-state index contributed by atoms with van der Waals surface area (Å²) in [5.74, 6) is 0.585. The molecule has 3 heterocycles. The number of nitrogens with two attached hydrogens (primary N) is 1. The highest BCUT2D eigenvalue weighted by Gasteiger charge is 2.28. The number of carbonyl (C=O) groups excluding carboxylic acids is 1. The minimum atomic E-state index is 0.0435. The van der Waals surface area contributed by atoms with Gasteiger partial charge >= 0.3 is 0 Å². The van der Waals surface area contributed by atoms with Crippen LogP contribution in [0.1, 0.15) is 37.4 Å². The number of pyridine rings is 1. The van der Waals surface area contributed by atoms with E-state index in [1.165, 1.54) is 11.3 Å². The van der Waals surface area contributed by atoms with Gasteiger partial charge in [0, 0.05) is 23.5 Å². The number of hydrogen-bond acceptors (Lipinski definition) is 6. The van der Waals surface area contributed by atoms with Crippen molar-refractivity contribution in [2.45, 2.75) is 38.6 Å². The number of aryl methyl sites for hydroxylation is 1. The summed E-state index contributed by atoms with van der Waals surface area (Å²) in [5.41, 5.74) is 8.59. The maximum atomic E-state index is 12.4. The van der Waals surface area contributed by atoms with Crippen LogP contribution in [0.5, 0.6) is 0 Å². The number of nitrogen functional groups attached to an aromatic ring is 1. The quantitative estimate of drug-likeness (QED) is 0.751. The Hall–Kier alpha value is -2.48. The summed E-state index contributed by atoms with van der Waals surface area (Å²) < 4.78 is 2.17. The van der Waals surface area contributed by atoms with E-state index in [2.05, 4.69) is 24.8 Å². The average Bonchev–Trinajstić information content (AvgIpc) is 3.22. The van der Waals surface area contributed by atoms with Gasteiger partial charge in [-0.05, 0) is 38.7 Å². The number of nitrogens with one attached hydrogen (secondary N) is 1. The van der Waals surface area contributed by atoms with Gasteiger partial charge in [-0.25, -0.2) is 15.0 Å². The predicted octanol–water partition coefficient (Wildman–Crippen LogP) is 3.15. The zero-order valence-corrected chi connectivity index (χ0v) is 14.8. The summed E-state index contributed by atoms with van der Waals surface area (Å²) in [7, 11) is 0. The maximum Gasteiger partial charge on any atom is 0.229 e. The highest BCUT2D eigenvalue weighted by Crippen LogP contribution is 2.35. The van der Waals surface area contributed by atoms with Gasteiger partial charge in [0.15, 0.2) is 10.9 Å². The topological polar surface area (TPSA) is 98.7 Å². The number of fused-ring (bicyclic) bond motifs is 1. The summed E-state index contributed by atoms with van der Waals surface area (Å²) in [6, 6.07) is 2.29. The third-order valence-corrected chi connectivity index (χ3v) is 5.71. The number of hydrogen-bond donors (Lipinski definition) is 2. The molecule has 8 heteroatoms. The first-order valence-corrected chi connectivity index (χ1v) is 9.30. The number of anilines is 2. The Bertz CT molecular complexity index is 909. The molecule has 0 aliphatic heterocycles. The number of imidazole rings is 1.